The molecule has 0 unspecified atom stereocenters. The second-order valence-corrected chi connectivity index (χ2v) is 10.4. The third kappa shape index (κ3) is 4.60. The number of methoxy groups -OCH3 is 1. The van der Waals surface area contributed by atoms with E-state index in [1.807, 2.05) is 37.5 Å². The van der Waals surface area contributed by atoms with Crippen LogP contribution in [0.3, 0.4) is 0 Å². The van der Waals surface area contributed by atoms with Crippen molar-refractivity contribution in [2.75, 3.05) is 26.7 Å². The lowest BCUT2D eigenvalue weighted by Crippen LogP contribution is -2.60. The summed E-state index contributed by atoms with van der Waals surface area (Å²) in [6.07, 6.45) is -0.215. The van der Waals surface area contributed by atoms with Gasteiger partial charge >= 0.3 is 6.18 Å². The number of benzene rings is 2. The van der Waals surface area contributed by atoms with Crippen molar-refractivity contribution in [3.8, 4) is 11.1 Å². The number of aryl methyl sites for hydroxylation is 1. The first-order valence-electron chi connectivity index (χ1n) is 12.9. The Bertz CT molecular complexity index is 1350. The SMILES string of the molecule is CO[C@@](C(=O)N1CCC2(CC1)CC(=O)NC[C@H]2c1ccccc1-c1cnn(C)c1)(c1ccccc1)C(F)(F)F. The fourth-order valence-electron chi connectivity index (χ4n) is 6.31. The third-order valence-corrected chi connectivity index (χ3v) is 8.34. The molecule has 2 aliphatic rings. The standard InChI is InChI=1S/C29H31F3N4O3/c1-35-19-20(17-34-35)22-10-6-7-11-23(22)24-18-33-25(37)16-27(24)12-14-36(15-13-27)26(38)28(39-2,29(30,31)32)21-8-4-3-5-9-21/h3-11,17,19,24H,12-16,18H2,1-2H3,(H,33,37)/t24-,28+/m0/s1. The summed E-state index contributed by atoms with van der Waals surface area (Å²) in [6.45, 7) is 0.593. The number of alkyl halides is 3. The van der Waals surface area contributed by atoms with Crippen LogP contribution in [0.5, 0.6) is 0 Å². The number of halogens is 3. The Morgan fingerprint density at radius 3 is 2.36 bits per heavy atom. The van der Waals surface area contributed by atoms with E-state index in [4.69, 9.17) is 4.74 Å². The van der Waals surface area contributed by atoms with Gasteiger partial charge in [-0.05, 0) is 29.4 Å². The highest BCUT2D eigenvalue weighted by atomic mass is 19.4. The van der Waals surface area contributed by atoms with E-state index < -0.39 is 23.1 Å². The van der Waals surface area contributed by atoms with Gasteiger partial charge in [0, 0.05) is 63.5 Å². The Labute approximate surface area is 224 Å². The van der Waals surface area contributed by atoms with Gasteiger partial charge in [-0.2, -0.15) is 18.3 Å². The number of aromatic nitrogens is 2. The lowest BCUT2D eigenvalue weighted by atomic mass is 9.61. The number of amides is 2. The second kappa shape index (κ2) is 10.1. The molecule has 3 aromatic rings. The number of rotatable bonds is 5. The highest BCUT2D eigenvalue weighted by molar-refractivity contribution is 5.88. The maximum Gasteiger partial charge on any atom is 0.430 e. The van der Waals surface area contributed by atoms with Gasteiger partial charge in [-0.1, -0.05) is 54.6 Å². The molecule has 1 N–H and O–H groups in total. The molecule has 5 rings (SSSR count). The van der Waals surface area contributed by atoms with Crippen LogP contribution in [0.4, 0.5) is 13.2 Å². The zero-order valence-electron chi connectivity index (χ0n) is 21.9. The van der Waals surface area contributed by atoms with E-state index in [-0.39, 0.29) is 36.9 Å². The lowest BCUT2D eigenvalue weighted by molar-refractivity contribution is -0.271. The molecule has 2 fully saturated rings. The molecule has 2 aromatic carbocycles. The second-order valence-electron chi connectivity index (χ2n) is 10.4. The van der Waals surface area contributed by atoms with Crippen molar-refractivity contribution in [2.24, 2.45) is 12.5 Å². The van der Waals surface area contributed by atoms with Crippen LogP contribution in [0, 0.1) is 5.41 Å². The zero-order chi connectivity index (χ0) is 27.8. The number of piperidine rings is 2. The highest BCUT2D eigenvalue weighted by Crippen LogP contribution is 2.52. The van der Waals surface area contributed by atoms with Gasteiger partial charge in [-0.15, -0.1) is 0 Å². The number of likely N-dealkylation sites (tertiary alicyclic amines) is 1. The van der Waals surface area contributed by atoms with Gasteiger partial charge in [-0.25, -0.2) is 0 Å². The first-order chi connectivity index (χ1) is 18.6. The van der Waals surface area contributed by atoms with Gasteiger partial charge in [0.15, 0.2) is 0 Å². The van der Waals surface area contributed by atoms with Crippen LogP contribution in [0.15, 0.2) is 67.0 Å². The summed E-state index contributed by atoms with van der Waals surface area (Å²) in [4.78, 5) is 27.5. The molecule has 0 bridgehead atoms. The lowest BCUT2D eigenvalue weighted by Gasteiger charge is -2.50. The Morgan fingerprint density at radius 2 is 1.74 bits per heavy atom. The average Bonchev–Trinajstić information content (AvgIpc) is 3.36. The van der Waals surface area contributed by atoms with E-state index in [1.54, 1.807) is 16.9 Å². The molecule has 0 saturated carbocycles. The van der Waals surface area contributed by atoms with Gasteiger partial charge in [0.05, 0.1) is 6.20 Å². The van der Waals surface area contributed by atoms with Crippen LogP contribution in [0.25, 0.3) is 11.1 Å². The predicted molar refractivity (Wildman–Crippen MR) is 138 cm³/mol. The molecule has 0 aliphatic carbocycles. The Morgan fingerprint density at radius 1 is 1.08 bits per heavy atom. The summed E-state index contributed by atoms with van der Waals surface area (Å²) in [5, 5.41) is 7.29. The molecule has 2 saturated heterocycles. The monoisotopic (exact) mass is 540 g/mol. The molecule has 206 valence electrons. The van der Waals surface area contributed by atoms with Crippen molar-refractivity contribution in [2.45, 2.75) is 37.0 Å². The van der Waals surface area contributed by atoms with Crippen molar-refractivity contribution in [3.63, 3.8) is 0 Å². The average molecular weight is 541 g/mol. The van der Waals surface area contributed by atoms with Gasteiger partial charge in [-0.3, -0.25) is 14.3 Å². The van der Waals surface area contributed by atoms with E-state index in [0.29, 0.717) is 19.4 Å². The summed E-state index contributed by atoms with van der Waals surface area (Å²) >= 11 is 0. The topological polar surface area (TPSA) is 76.5 Å². The smallest absolute Gasteiger partial charge is 0.356 e. The molecule has 1 aromatic heterocycles. The fourth-order valence-corrected chi connectivity index (χ4v) is 6.31. The number of nitrogens with one attached hydrogen (secondary N) is 1. The van der Waals surface area contributed by atoms with Crippen LogP contribution < -0.4 is 5.32 Å². The molecule has 3 heterocycles. The van der Waals surface area contributed by atoms with Crippen molar-refractivity contribution in [3.05, 3.63) is 78.1 Å². The van der Waals surface area contributed by atoms with Crippen molar-refractivity contribution in [1.29, 1.82) is 0 Å². The molecule has 7 nitrogen and oxygen atoms in total. The number of carbonyl (C=O) groups is 2. The molecule has 39 heavy (non-hydrogen) atoms. The molecule has 2 amide bonds. The minimum atomic E-state index is -4.97. The minimum Gasteiger partial charge on any atom is -0.356 e. The first kappa shape index (κ1) is 26.9. The molecule has 0 radical (unpaired) electrons. The van der Waals surface area contributed by atoms with Crippen LogP contribution in [-0.4, -0.2) is 59.4 Å². The molecular weight excluding hydrogens is 509 g/mol. The van der Waals surface area contributed by atoms with Gasteiger partial charge in [0.1, 0.15) is 0 Å². The minimum absolute atomic E-state index is 0.0761. The Hall–Kier alpha value is -3.66. The number of nitrogens with zero attached hydrogens (tertiary/aromatic N) is 3. The number of hydrogen-bond donors (Lipinski definition) is 1. The highest BCUT2D eigenvalue weighted by Gasteiger charge is 2.64. The molecular formula is C29H31F3N4O3. The quantitative estimate of drug-likeness (QED) is 0.521. The zero-order valence-corrected chi connectivity index (χ0v) is 21.9. The van der Waals surface area contributed by atoms with E-state index in [9.17, 15) is 22.8 Å². The van der Waals surface area contributed by atoms with E-state index in [2.05, 4.69) is 10.4 Å². The third-order valence-electron chi connectivity index (χ3n) is 8.34. The Kier molecular flexibility index (Phi) is 7.00. The summed E-state index contributed by atoms with van der Waals surface area (Å²) < 4.78 is 50.3. The molecule has 2 aliphatic heterocycles. The summed E-state index contributed by atoms with van der Waals surface area (Å²) in [5.41, 5.74) is -0.857. The predicted octanol–water partition coefficient (Wildman–Crippen LogP) is 4.40. The molecule has 2 atom stereocenters. The molecule has 1 spiro atoms. The normalized spacial score (nSPS) is 20.9. The van der Waals surface area contributed by atoms with E-state index >= 15 is 0 Å². The fraction of sp³-hybridized carbons (Fsp3) is 0.414. The van der Waals surface area contributed by atoms with Gasteiger partial charge < -0.3 is 15.0 Å². The van der Waals surface area contributed by atoms with Gasteiger partial charge in [0.2, 0.25) is 5.91 Å². The van der Waals surface area contributed by atoms with Crippen LogP contribution in [0.2, 0.25) is 0 Å². The summed E-state index contributed by atoms with van der Waals surface area (Å²) in [7, 11) is 2.76. The summed E-state index contributed by atoms with van der Waals surface area (Å²) in [6, 6.07) is 15.0. The van der Waals surface area contributed by atoms with Crippen LogP contribution in [0.1, 0.15) is 36.3 Å². The number of carbonyl (C=O) groups excluding carboxylic acids is 2. The van der Waals surface area contributed by atoms with Crippen LogP contribution in [-0.2, 0) is 27.0 Å². The van der Waals surface area contributed by atoms with E-state index in [0.717, 1.165) is 23.8 Å². The van der Waals surface area contributed by atoms with E-state index in [1.165, 1.54) is 29.2 Å². The summed E-state index contributed by atoms with van der Waals surface area (Å²) in [5.74, 6) is -1.30. The Balaban J connectivity index is 1.46. The number of ether oxygens (including phenoxy) is 1. The largest absolute Gasteiger partial charge is 0.430 e. The maximum atomic E-state index is 14.5. The maximum absolute atomic E-state index is 14.5. The van der Waals surface area contributed by atoms with Crippen molar-refractivity contribution in [1.82, 2.24) is 20.0 Å². The first-order valence-corrected chi connectivity index (χ1v) is 12.9. The van der Waals surface area contributed by atoms with Crippen molar-refractivity contribution >= 4 is 11.8 Å². The molecule has 10 heteroatoms. The van der Waals surface area contributed by atoms with Crippen molar-refractivity contribution < 1.29 is 27.5 Å². The number of hydrogen-bond acceptors (Lipinski definition) is 4. The van der Waals surface area contributed by atoms with Gasteiger partial charge in [0.25, 0.3) is 11.5 Å². The van der Waals surface area contributed by atoms with Crippen LogP contribution >= 0.6 is 0 Å².